The molecule has 0 aliphatic rings. The van der Waals surface area contributed by atoms with Gasteiger partial charge in [0.2, 0.25) is 0 Å². The summed E-state index contributed by atoms with van der Waals surface area (Å²) >= 11 is 0. The van der Waals surface area contributed by atoms with Crippen LogP contribution < -0.4 is 0 Å². The molecule has 0 aliphatic carbocycles. The third-order valence-corrected chi connectivity index (χ3v) is 4.50. The molecule has 0 atom stereocenters. The lowest BCUT2D eigenvalue weighted by atomic mass is 10.1. The molecule has 1 aromatic heterocycles. The van der Waals surface area contributed by atoms with Gasteiger partial charge in [-0.3, -0.25) is 9.98 Å². The predicted octanol–water partition coefficient (Wildman–Crippen LogP) is 5.32. The number of hydrogen-bond acceptors (Lipinski definition) is 2. The second-order valence-electron chi connectivity index (χ2n) is 6.70. The first-order chi connectivity index (χ1) is 12.5. The van der Waals surface area contributed by atoms with Crippen molar-refractivity contribution in [3.05, 3.63) is 88.2 Å². The summed E-state index contributed by atoms with van der Waals surface area (Å²) in [4.78, 5) is 9.28. The molecule has 0 radical (unpaired) electrons. The number of benzene rings is 2. The van der Waals surface area contributed by atoms with Crippen LogP contribution in [-0.2, 0) is 13.6 Å². The summed E-state index contributed by atoms with van der Waals surface area (Å²) in [5, 5.41) is 0. The molecular weight excluding hydrogens is 318 g/mol. The number of hydrogen-bond donors (Lipinski definition) is 0. The molecule has 26 heavy (non-hydrogen) atoms. The van der Waals surface area contributed by atoms with Crippen molar-refractivity contribution >= 4 is 18.1 Å². The maximum absolute atomic E-state index is 4.73. The molecule has 0 amide bonds. The third kappa shape index (κ3) is 4.17. The molecule has 0 unspecified atom stereocenters. The molecule has 0 fully saturated rings. The summed E-state index contributed by atoms with van der Waals surface area (Å²) in [6.45, 7) is 7.03. The fourth-order valence-corrected chi connectivity index (χ4v) is 3.14. The van der Waals surface area contributed by atoms with E-state index in [0.29, 0.717) is 6.54 Å². The number of aromatic nitrogens is 1. The maximum atomic E-state index is 4.73. The van der Waals surface area contributed by atoms with Gasteiger partial charge in [0.05, 0.1) is 29.8 Å². The Bertz CT molecular complexity index is 924. The summed E-state index contributed by atoms with van der Waals surface area (Å²) in [6, 6.07) is 18.8. The lowest BCUT2D eigenvalue weighted by Gasteiger charge is -2.06. The van der Waals surface area contributed by atoms with E-state index in [1.165, 1.54) is 22.3 Å². The van der Waals surface area contributed by atoms with Gasteiger partial charge in [-0.2, -0.15) is 0 Å². The lowest BCUT2D eigenvalue weighted by Crippen LogP contribution is -2.00. The van der Waals surface area contributed by atoms with E-state index in [0.717, 1.165) is 17.1 Å². The van der Waals surface area contributed by atoms with Crippen LogP contribution in [0.15, 0.2) is 64.6 Å². The molecule has 3 aromatic rings. The van der Waals surface area contributed by atoms with Crippen LogP contribution in [0.5, 0.6) is 0 Å². The van der Waals surface area contributed by atoms with Crippen LogP contribution in [0.1, 0.15) is 33.6 Å². The number of aliphatic imine (C=N–C) groups is 2. The summed E-state index contributed by atoms with van der Waals surface area (Å²) in [5.41, 5.74) is 8.08. The van der Waals surface area contributed by atoms with Gasteiger partial charge in [-0.25, -0.2) is 0 Å². The van der Waals surface area contributed by atoms with Crippen LogP contribution in [0, 0.1) is 20.8 Å². The van der Waals surface area contributed by atoms with Crippen LogP contribution in [-0.4, -0.2) is 17.0 Å². The highest BCUT2D eigenvalue weighted by Crippen LogP contribution is 2.25. The van der Waals surface area contributed by atoms with Crippen LogP contribution in [0.3, 0.4) is 0 Å². The molecule has 0 spiro atoms. The summed E-state index contributed by atoms with van der Waals surface area (Å²) in [6.07, 6.45) is 3.85. The van der Waals surface area contributed by atoms with Gasteiger partial charge < -0.3 is 4.57 Å². The number of aryl methyl sites for hydroxylation is 3. The van der Waals surface area contributed by atoms with Crippen LogP contribution in [0.25, 0.3) is 0 Å². The first kappa shape index (κ1) is 17.9. The van der Waals surface area contributed by atoms with Crippen molar-refractivity contribution in [1.29, 1.82) is 0 Å². The minimum Gasteiger partial charge on any atom is -0.342 e. The molecule has 0 bridgehead atoms. The van der Waals surface area contributed by atoms with Gasteiger partial charge in [0.15, 0.2) is 0 Å². The Morgan fingerprint density at radius 3 is 2.12 bits per heavy atom. The van der Waals surface area contributed by atoms with E-state index in [1.807, 2.05) is 37.7 Å². The Hall–Kier alpha value is -2.94. The average Bonchev–Trinajstić information content (AvgIpc) is 2.95. The lowest BCUT2D eigenvalue weighted by molar-refractivity contribution is 0.906. The maximum Gasteiger partial charge on any atom is 0.0689 e. The number of nitrogens with zero attached hydrogens (tertiary/aromatic N) is 3. The normalized spacial score (nSPS) is 11.7. The van der Waals surface area contributed by atoms with Crippen molar-refractivity contribution < 1.29 is 0 Å². The van der Waals surface area contributed by atoms with E-state index in [-0.39, 0.29) is 0 Å². The van der Waals surface area contributed by atoms with Crippen LogP contribution in [0.2, 0.25) is 0 Å². The minimum absolute atomic E-state index is 0.692. The quantitative estimate of drug-likeness (QED) is 0.561. The molecule has 0 saturated heterocycles. The predicted molar refractivity (Wildman–Crippen MR) is 111 cm³/mol. The zero-order chi connectivity index (χ0) is 18.5. The molecule has 3 rings (SSSR count). The highest BCUT2D eigenvalue weighted by Gasteiger charge is 2.04. The molecule has 132 valence electrons. The Morgan fingerprint density at radius 1 is 0.846 bits per heavy atom. The van der Waals surface area contributed by atoms with Crippen molar-refractivity contribution in [3.63, 3.8) is 0 Å². The second kappa shape index (κ2) is 7.96. The van der Waals surface area contributed by atoms with Gasteiger partial charge in [0.1, 0.15) is 0 Å². The molecule has 0 N–H and O–H groups in total. The Kier molecular flexibility index (Phi) is 5.47. The molecule has 0 aliphatic heterocycles. The molecular formula is C23H25N3. The molecule has 0 saturated carbocycles. The first-order valence-corrected chi connectivity index (χ1v) is 8.86. The second-order valence-corrected chi connectivity index (χ2v) is 6.70. The topological polar surface area (TPSA) is 29.6 Å². The van der Waals surface area contributed by atoms with Crippen molar-refractivity contribution in [1.82, 2.24) is 4.57 Å². The van der Waals surface area contributed by atoms with Crippen molar-refractivity contribution in [2.75, 3.05) is 0 Å². The van der Waals surface area contributed by atoms with Gasteiger partial charge >= 0.3 is 0 Å². The van der Waals surface area contributed by atoms with Gasteiger partial charge in [0, 0.05) is 13.3 Å². The average molecular weight is 343 g/mol. The largest absolute Gasteiger partial charge is 0.342 e. The number of rotatable bonds is 5. The van der Waals surface area contributed by atoms with Crippen molar-refractivity contribution in [3.8, 4) is 0 Å². The summed E-state index contributed by atoms with van der Waals surface area (Å²) < 4.78 is 2.11. The van der Waals surface area contributed by atoms with E-state index in [1.54, 1.807) is 0 Å². The van der Waals surface area contributed by atoms with Crippen LogP contribution in [0.4, 0.5) is 5.69 Å². The fraction of sp³-hybridized carbons (Fsp3) is 0.217. The van der Waals surface area contributed by atoms with E-state index in [9.17, 15) is 0 Å². The zero-order valence-corrected chi connectivity index (χ0v) is 15.9. The summed E-state index contributed by atoms with van der Waals surface area (Å²) in [7, 11) is 2.04. The third-order valence-electron chi connectivity index (χ3n) is 4.50. The smallest absolute Gasteiger partial charge is 0.0689 e. The zero-order valence-electron chi connectivity index (χ0n) is 15.9. The Labute approximate surface area is 155 Å². The highest BCUT2D eigenvalue weighted by atomic mass is 15.0. The van der Waals surface area contributed by atoms with Crippen molar-refractivity contribution in [2.45, 2.75) is 27.3 Å². The van der Waals surface area contributed by atoms with Crippen molar-refractivity contribution in [2.24, 2.45) is 17.0 Å². The summed E-state index contributed by atoms with van der Waals surface area (Å²) in [5.74, 6) is 0. The first-order valence-electron chi connectivity index (χ1n) is 8.86. The molecule has 3 heteroatoms. The van der Waals surface area contributed by atoms with Crippen LogP contribution >= 0.6 is 0 Å². The van der Waals surface area contributed by atoms with E-state index in [4.69, 9.17) is 4.99 Å². The minimum atomic E-state index is 0.692. The standard InChI is InChI=1S/C23H25N3/c1-17-12-18(2)23(19(3)13-17)25-16-22-11-10-21(26(22)4)15-24-14-20-8-6-5-7-9-20/h5-13,15-16H,14H2,1-4H3. The molecule has 2 aromatic carbocycles. The monoisotopic (exact) mass is 343 g/mol. The Morgan fingerprint density at radius 2 is 1.46 bits per heavy atom. The highest BCUT2D eigenvalue weighted by molar-refractivity contribution is 5.85. The van der Waals surface area contributed by atoms with Gasteiger partial charge in [-0.05, 0) is 49.6 Å². The molecule has 1 heterocycles. The van der Waals surface area contributed by atoms with E-state index < -0.39 is 0 Å². The van der Waals surface area contributed by atoms with E-state index >= 15 is 0 Å². The van der Waals surface area contributed by atoms with Gasteiger partial charge in [-0.1, -0.05) is 48.0 Å². The SMILES string of the molecule is Cc1cc(C)c(N=Cc2ccc(C=NCc3ccccc3)n2C)c(C)c1. The van der Waals surface area contributed by atoms with Gasteiger partial charge in [0.25, 0.3) is 0 Å². The molecule has 3 nitrogen and oxygen atoms in total. The van der Waals surface area contributed by atoms with E-state index in [2.05, 4.69) is 66.7 Å². The fourth-order valence-electron chi connectivity index (χ4n) is 3.14. The Balaban J connectivity index is 1.75. The van der Waals surface area contributed by atoms with Gasteiger partial charge in [-0.15, -0.1) is 0 Å².